The molecule has 1 heterocycles. The van der Waals surface area contributed by atoms with Gasteiger partial charge in [0.05, 0.1) is 26.2 Å². The number of carbonyl (C=O) groups excluding carboxylic acids is 3. The molecule has 10 nitrogen and oxygen atoms in total. The molecule has 1 aliphatic carbocycles. The van der Waals surface area contributed by atoms with Crippen LogP contribution in [0, 0.1) is 11.3 Å². The third kappa shape index (κ3) is 8.72. The van der Waals surface area contributed by atoms with E-state index in [1.807, 2.05) is 30.3 Å². The Labute approximate surface area is 206 Å². The van der Waals surface area contributed by atoms with Crippen LogP contribution < -0.4 is 10.4 Å². The molecule has 1 amide bonds. The topological polar surface area (TPSA) is 129 Å². The first kappa shape index (κ1) is 27.3. The van der Waals surface area contributed by atoms with Gasteiger partial charge in [-0.15, -0.1) is 0 Å². The van der Waals surface area contributed by atoms with Gasteiger partial charge in [-0.05, 0) is 31.2 Å². The molecule has 0 aromatic heterocycles. The van der Waals surface area contributed by atoms with Gasteiger partial charge >= 0.3 is 19.7 Å². The highest BCUT2D eigenvalue weighted by atomic mass is 31.2. The van der Waals surface area contributed by atoms with E-state index < -0.39 is 37.2 Å². The maximum atomic E-state index is 13.2. The van der Waals surface area contributed by atoms with Gasteiger partial charge < -0.3 is 14.8 Å². The molecule has 0 spiro atoms. The second-order valence-electron chi connectivity index (χ2n) is 9.67. The van der Waals surface area contributed by atoms with E-state index in [1.54, 1.807) is 13.8 Å². The van der Waals surface area contributed by atoms with Gasteiger partial charge in [-0.2, -0.15) is 0 Å². The molecule has 1 aliphatic heterocycles. The SMILES string of the molecule is C[C@H](NP1(=O)OCC(C)(C)[C@H](C(=O)NCCC(=O)OCC2CC2)O1)C(=O)OCCc1ccccc1. The fraction of sp³-hybridized carbons (Fsp3) is 0.625. The summed E-state index contributed by atoms with van der Waals surface area (Å²) in [4.78, 5) is 36.9. The number of esters is 2. The molecule has 11 heteroatoms. The Morgan fingerprint density at radius 3 is 2.57 bits per heavy atom. The highest BCUT2D eigenvalue weighted by molar-refractivity contribution is 7.51. The van der Waals surface area contributed by atoms with Gasteiger partial charge in [-0.25, -0.2) is 9.65 Å². The minimum Gasteiger partial charge on any atom is -0.465 e. The minimum atomic E-state index is -3.97. The highest BCUT2D eigenvalue weighted by Gasteiger charge is 2.49. The van der Waals surface area contributed by atoms with Crippen LogP contribution in [-0.2, 0) is 43.9 Å². The highest BCUT2D eigenvalue weighted by Crippen LogP contribution is 2.53. The molecule has 0 radical (unpaired) electrons. The quantitative estimate of drug-likeness (QED) is 0.322. The molecule has 1 aromatic rings. The lowest BCUT2D eigenvalue weighted by Gasteiger charge is -2.40. The van der Waals surface area contributed by atoms with Gasteiger partial charge in [0.2, 0.25) is 5.91 Å². The maximum absolute atomic E-state index is 13.2. The molecule has 35 heavy (non-hydrogen) atoms. The van der Waals surface area contributed by atoms with Gasteiger partial charge in [-0.3, -0.25) is 23.4 Å². The van der Waals surface area contributed by atoms with Crippen LogP contribution in [0.3, 0.4) is 0 Å². The third-order valence-electron chi connectivity index (χ3n) is 5.79. The van der Waals surface area contributed by atoms with Crippen LogP contribution in [0.4, 0.5) is 0 Å². The lowest BCUT2D eigenvalue weighted by molar-refractivity contribution is -0.145. The predicted octanol–water partition coefficient (Wildman–Crippen LogP) is 2.76. The standard InChI is InChI=1S/C24H35N2O8P/c1-17(23(29)31-14-12-18-7-5-4-6-8-18)26-35(30)33-16-24(2,3)21(34-35)22(28)25-13-11-20(27)32-15-19-9-10-19/h4-8,17,19,21H,9-16H2,1-3H3,(H,25,28)(H,26,30)/t17-,21-,35?/m0/s1. The lowest BCUT2D eigenvalue weighted by Crippen LogP contribution is -2.51. The Morgan fingerprint density at radius 2 is 1.89 bits per heavy atom. The summed E-state index contributed by atoms with van der Waals surface area (Å²) in [5, 5.41) is 5.19. The molecule has 2 fully saturated rings. The van der Waals surface area contributed by atoms with Crippen molar-refractivity contribution >= 4 is 25.6 Å². The number of nitrogens with one attached hydrogen (secondary N) is 2. The number of amides is 1. The van der Waals surface area contributed by atoms with Gasteiger partial charge in [0.25, 0.3) is 0 Å². The number of hydrogen-bond acceptors (Lipinski definition) is 8. The van der Waals surface area contributed by atoms with E-state index in [1.165, 1.54) is 6.92 Å². The molecule has 1 aromatic carbocycles. The molecule has 0 bridgehead atoms. The first-order chi connectivity index (χ1) is 16.6. The molecule has 2 aliphatic rings. The maximum Gasteiger partial charge on any atom is 0.407 e. The Balaban J connectivity index is 1.45. The molecule has 3 rings (SSSR count). The molecule has 2 N–H and O–H groups in total. The average Bonchev–Trinajstić information content (AvgIpc) is 3.65. The van der Waals surface area contributed by atoms with Gasteiger partial charge in [0, 0.05) is 18.4 Å². The summed E-state index contributed by atoms with van der Waals surface area (Å²) in [6, 6.07) is 8.59. The van der Waals surface area contributed by atoms with E-state index in [9.17, 15) is 18.9 Å². The number of rotatable bonds is 12. The van der Waals surface area contributed by atoms with Crippen molar-refractivity contribution in [3.8, 4) is 0 Å². The Morgan fingerprint density at radius 1 is 1.17 bits per heavy atom. The summed E-state index contributed by atoms with van der Waals surface area (Å²) in [6.07, 6.45) is 1.63. The van der Waals surface area contributed by atoms with Crippen LogP contribution in [-0.4, -0.2) is 56.4 Å². The van der Waals surface area contributed by atoms with Crippen molar-refractivity contribution < 1.29 is 37.5 Å². The zero-order valence-electron chi connectivity index (χ0n) is 20.5. The zero-order valence-corrected chi connectivity index (χ0v) is 21.4. The van der Waals surface area contributed by atoms with Crippen LogP contribution in [0.15, 0.2) is 30.3 Å². The lowest BCUT2D eigenvalue weighted by atomic mass is 9.87. The van der Waals surface area contributed by atoms with Crippen LogP contribution in [0.25, 0.3) is 0 Å². The van der Waals surface area contributed by atoms with Crippen molar-refractivity contribution in [2.24, 2.45) is 11.3 Å². The summed E-state index contributed by atoms with van der Waals surface area (Å²) in [7, 11) is -3.97. The molecule has 194 valence electrons. The van der Waals surface area contributed by atoms with Crippen molar-refractivity contribution in [1.82, 2.24) is 10.4 Å². The predicted molar refractivity (Wildman–Crippen MR) is 127 cm³/mol. The van der Waals surface area contributed by atoms with Crippen LogP contribution in [0.5, 0.6) is 0 Å². The monoisotopic (exact) mass is 510 g/mol. The normalized spacial score (nSPS) is 24.3. The van der Waals surface area contributed by atoms with E-state index >= 15 is 0 Å². The number of hydrogen-bond donors (Lipinski definition) is 2. The Hall–Kier alpha value is -2.26. The Bertz CT molecular complexity index is 935. The molecular formula is C24H35N2O8P. The molecule has 1 saturated carbocycles. The summed E-state index contributed by atoms with van der Waals surface area (Å²) in [6.45, 7) is 5.60. The van der Waals surface area contributed by atoms with Crippen molar-refractivity contribution in [2.45, 2.75) is 58.6 Å². The zero-order chi connectivity index (χ0) is 25.5. The van der Waals surface area contributed by atoms with E-state index in [0.29, 0.717) is 18.9 Å². The fourth-order valence-electron chi connectivity index (χ4n) is 3.39. The first-order valence-electron chi connectivity index (χ1n) is 11.9. The smallest absolute Gasteiger partial charge is 0.407 e. The molecule has 3 atom stereocenters. The summed E-state index contributed by atoms with van der Waals surface area (Å²) in [5.41, 5.74) is 0.242. The molecular weight excluding hydrogens is 475 g/mol. The van der Waals surface area contributed by atoms with Crippen molar-refractivity contribution in [1.29, 1.82) is 0 Å². The van der Waals surface area contributed by atoms with Crippen LogP contribution >= 0.6 is 7.75 Å². The van der Waals surface area contributed by atoms with E-state index in [4.69, 9.17) is 18.5 Å². The number of benzene rings is 1. The third-order valence-corrected chi connectivity index (χ3v) is 7.45. The van der Waals surface area contributed by atoms with Crippen molar-refractivity contribution in [3.05, 3.63) is 35.9 Å². The summed E-state index contributed by atoms with van der Waals surface area (Å²) >= 11 is 0. The largest absolute Gasteiger partial charge is 0.465 e. The average molecular weight is 511 g/mol. The number of ether oxygens (including phenoxy) is 2. The van der Waals surface area contributed by atoms with Crippen LogP contribution in [0.1, 0.15) is 45.6 Å². The summed E-state index contributed by atoms with van der Waals surface area (Å²) in [5.74, 6) is -1.04. The van der Waals surface area contributed by atoms with E-state index in [0.717, 1.165) is 18.4 Å². The molecule has 1 unspecified atom stereocenters. The van der Waals surface area contributed by atoms with Gasteiger partial charge in [0.1, 0.15) is 6.04 Å². The first-order valence-corrected chi connectivity index (χ1v) is 13.5. The van der Waals surface area contributed by atoms with Crippen molar-refractivity contribution in [2.75, 3.05) is 26.4 Å². The van der Waals surface area contributed by atoms with E-state index in [-0.39, 0.29) is 32.1 Å². The molecule has 1 saturated heterocycles. The minimum absolute atomic E-state index is 0.0316. The van der Waals surface area contributed by atoms with Crippen LogP contribution in [0.2, 0.25) is 0 Å². The van der Waals surface area contributed by atoms with E-state index in [2.05, 4.69) is 10.4 Å². The van der Waals surface area contributed by atoms with Gasteiger partial charge in [-0.1, -0.05) is 44.2 Å². The Kier molecular flexibility index (Phi) is 9.47. The van der Waals surface area contributed by atoms with Gasteiger partial charge in [0.15, 0.2) is 6.10 Å². The van der Waals surface area contributed by atoms with Crippen molar-refractivity contribution in [3.63, 3.8) is 0 Å². The second kappa shape index (κ2) is 12.1. The summed E-state index contributed by atoms with van der Waals surface area (Å²) < 4.78 is 34.6. The second-order valence-corrected chi connectivity index (χ2v) is 11.4. The fourth-order valence-corrected chi connectivity index (χ4v) is 5.32. The number of carbonyl (C=O) groups is 3.